The lowest BCUT2D eigenvalue weighted by molar-refractivity contribution is -0.119. The van der Waals surface area contributed by atoms with E-state index in [0.29, 0.717) is 12.2 Å². The summed E-state index contributed by atoms with van der Waals surface area (Å²) in [5, 5.41) is 5.52. The third-order valence-corrected chi connectivity index (χ3v) is 2.22. The maximum absolute atomic E-state index is 13.4. The van der Waals surface area contributed by atoms with Crippen LogP contribution in [0.4, 0.5) is 10.1 Å². The van der Waals surface area contributed by atoms with E-state index in [1.807, 2.05) is 6.92 Å². The number of benzene rings is 1. The molecule has 0 atom stereocenters. The number of hydrogen-bond donors (Lipinski definition) is 2. The van der Waals surface area contributed by atoms with Gasteiger partial charge in [0.2, 0.25) is 5.91 Å². The molecule has 1 aromatic carbocycles. The fourth-order valence-corrected chi connectivity index (χ4v) is 1.35. The van der Waals surface area contributed by atoms with Crippen LogP contribution in [-0.2, 0) is 4.79 Å². The van der Waals surface area contributed by atoms with Gasteiger partial charge in [-0.1, -0.05) is 19.1 Å². The van der Waals surface area contributed by atoms with Gasteiger partial charge in [0.1, 0.15) is 5.82 Å². The lowest BCUT2D eigenvalue weighted by Gasteiger charge is -2.10. The SMILES string of the molecule is CCCNC(=O)CNc1c(C)cccc1F. The standard InChI is InChI=1S/C12H17FN2O/c1-3-7-14-11(16)8-15-12-9(2)5-4-6-10(12)13/h4-6,15H,3,7-8H2,1-2H3,(H,14,16). The van der Waals surface area contributed by atoms with Crippen LogP contribution in [0.5, 0.6) is 0 Å². The second-order valence-electron chi connectivity index (χ2n) is 3.64. The van der Waals surface area contributed by atoms with Gasteiger partial charge in [0.05, 0.1) is 12.2 Å². The number of para-hydroxylation sites is 1. The van der Waals surface area contributed by atoms with Crippen LogP contribution in [0.25, 0.3) is 0 Å². The zero-order valence-corrected chi connectivity index (χ0v) is 9.64. The number of carbonyl (C=O) groups is 1. The molecule has 0 bridgehead atoms. The summed E-state index contributed by atoms with van der Waals surface area (Å²) in [5.74, 6) is -0.451. The smallest absolute Gasteiger partial charge is 0.239 e. The van der Waals surface area contributed by atoms with Crippen molar-refractivity contribution < 1.29 is 9.18 Å². The Morgan fingerprint density at radius 3 is 2.81 bits per heavy atom. The number of carbonyl (C=O) groups excluding carboxylic acids is 1. The Balaban J connectivity index is 2.51. The van der Waals surface area contributed by atoms with Crippen molar-refractivity contribution in [3.8, 4) is 0 Å². The number of aryl methyl sites for hydroxylation is 1. The van der Waals surface area contributed by atoms with Crippen LogP contribution in [0.15, 0.2) is 18.2 Å². The van der Waals surface area contributed by atoms with Crippen LogP contribution >= 0.6 is 0 Å². The Hall–Kier alpha value is -1.58. The van der Waals surface area contributed by atoms with Crippen molar-refractivity contribution in [3.05, 3.63) is 29.6 Å². The first-order chi connectivity index (χ1) is 7.65. The van der Waals surface area contributed by atoms with Crippen LogP contribution < -0.4 is 10.6 Å². The van der Waals surface area contributed by atoms with Crippen LogP contribution in [0.2, 0.25) is 0 Å². The fourth-order valence-electron chi connectivity index (χ4n) is 1.35. The Morgan fingerprint density at radius 1 is 1.44 bits per heavy atom. The van der Waals surface area contributed by atoms with Crippen molar-refractivity contribution in [2.45, 2.75) is 20.3 Å². The van der Waals surface area contributed by atoms with Gasteiger partial charge in [-0.15, -0.1) is 0 Å². The molecule has 0 unspecified atom stereocenters. The average Bonchev–Trinajstić information content (AvgIpc) is 2.25. The molecule has 4 heteroatoms. The van der Waals surface area contributed by atoms with E-state index in [2.05, 4.69) is 10.6 Å². The van der Waals surface area contributed by atoms with E-state index in [0.717, 1.165) is 12.0 Å². The first-order valence-corrected chi connectivity index (χ1v) is 5.40. The van der Waals surface area contributed by atoms with Gasteiger partial charge in [-0.3, -0.25) is 4.79 Å². The maximum atomic E-state index is 13.4. The average molecular weight is 224 g/mol. The highest BCUT2D eigenvalue weighted by Crippen LogP contribution is 2.17. The monoisotopic (exact) mass is 224 g/mol. The van der Waals surface area contributed by atoms with E-state index < -0.39 is 0 Å². The number of nitrogens with one attached hydrogen (secondary N) is 2. The molecule has 0 aliphatic rings. The van der Waals surface area contributed by atoms with Gasteiger partial charge < -0.3 is 10.6 Å². The maximum Gasteiger partial charge on any atom is 0.239 e. The number of hydrogen-bond acceptors (Lipinski definition) is 2. The van der Waals surface area contributed by atoms with E-state index in [9.17, 15) is 9.18 Å². The molecule has 0 heterocycles. The molecule has 1 amide bonds. The molecule has 3 nitrogen and oxygen atoms in total. The van der Waals surface area contributed by atoms with Gasteiger partial charge in [0, 0.05) is 6.54 Å². The first kappa shape index (κ1) is 12.5. The highest BCUT2D eigenvalue weighted by Gasteiger charge is 2.06. The second-order valence-corrected chi connectivity index (χ2v) is 3.64. The molecule has 0 aromatic heterocycles. The molecule has 88 valence electrons. The predicted molar refractivity (Wildman–Crippen MR) is 62.9 cm³/mol. The molecule has 0 spiro atoms. The minimum Gasteiger partial charge on any atom is -0.374 e. The summed E-state index contributed by atoms with van der Waals surface area (Å²) >= 11 is 0. The Labute approximate surface area is 95.0 Å². The van der Waals surface area contributed by atoms with Crippen LogP contribution in [0.1, 0.15) is 18.9 Å². The van der Waals surface area contributed by atoms with Crippen molar-refractivity contribution in [3.63, 3.8) is 0 Å². The van der Waals surface area contributed by atoms with Crippen molar-refractivity contribution in [1.29, 1.82) is 0 Å². The summed E-state index contributed by atoms with van der Waals surface area (Å²) in [5.41, 5.74) is 1.19. The summed E-state index contributed by atoms with van der Waals surface area (Å²) in [6.45, 7) is 4.53. The van der Waals surface area contributed by atoms with Crippen molar-refractivity contribution in [2.24, 2.45) is 0 Å². The number of rotatable bonds is 5. The summed E-state index contributed by atoms with van der Waals surface area (Å²) in [6.07, 6.45) is 0.893. The van der Waals surface area contributed by atoms with E-state index >= 15 is 0 Å². The normalized spacial score (nSPS) is 9.94. The van der Waals surface area contributed by atoms with E-state index in [1.165, 1.54) is 6.07 Å². The third kappa shape index (κ3) is 3.53. The number of anilines is 1. The topological polar surface area (TPSA) is 41.1 Å². The Kier molecular flexibility index (Phi) is 4.76. The van der Waals surface area contributed by atoms with E-state index in [-0.39, 0.29) is 18.3 Å². The fraction of sp³-hybridized carbons (Fsp3) is 0.417. The number of amides is 1. The molecule has 2 N–H and O–H groups in total. The summed E-state index contributed by atoms with van der Waals surface area (Å²) < 4.78 is 13.4. The molecule has 0 radical (unpaired) electrons. The van der Waals surface area contributed by atoms with Crippen LogP contribution in [0.3, 0.4) is 0 Å². The molecule has 0 fully saturated rings. The number of halogens is 1. The summed E-state index contributed by atoms with van der Waals surface area (Å²) in [6, 6.07) is 4.82. The Morgan fingerprint density at radius 2 is 2.19 bits per heavy atom. The molecule has 1 aromatic rings. The molecule has 0 aliphatic heterocycles. The van der Waals surface area contributed by atoms with Gasteiger partial charge in [-0.2, -0.15) is 0 Å². The van der Waals surface area contributed by atoms with E-state index in [4.69, 9.17) is 0 Å². The third-order valence-electron chi connectivity index (χ3n) is 2.22. The van der Waals surface area contributed by atoms with Crippen molar-refractivity contribution in [1.82, 2.24) is 5.32 Å². The minimum atomic E-state index is -0.330. The molecular weight excluding hydrogens is 207 g/mol. The molecule has 0 saturated heterocycles. The predicted octanol–water partition coefficient (Wildman–Crippen LogP) is 2.07. The van der Waals surface area contributed by atoms with Crippen molar-refractivity contribution >= 4 is 11.6 Å². The summed E-state index contributed by atoms with van der Waals surface area (Å²) in [7, 11) is 0. The van der Waals surface area contributed by atoms with Crippen molar-refractivity contribution in [2.75, 3.05) is 18.4 Å². The van der Waals surface area contributed by atoms with Gasteiger partial charge >= 0.3 is 0 Å². The van der Waals surface area contributed by atoms with Gasteiger partial charge in [-0.05, 0) is 25.0 Å². The molecule has 0 saturated carbocycles. The van der Waals surface area contributed by atoms with Gasteiger partial charge in [0.15, 0.2) is 0 Å². The lowest BCUT2D eigenvalue weighted by Crippen LogP contribution is -2.30. The second kappa shape index (κ2) is 6.10. The molecule has 0 aliphatic carbocycles. The first-order valence-electron chi connectivity index (χ1n) is 5.40. The Bertz CT molecular complexity index is 346. The largest absolute Gasteiger partial charge is 0.374 e. The quantitative estimate of drug-likeness (QED) is 0.804. The summed E-state index contributed by atoms with van der Waals surface area (Å²) in [4.78, 5) is 11.3. The molecule has 1 rings (SSSR count). The van der Waals surface area contributed by atoms with Gasteiger partial charge in [0.25, 0.3) is 0 Å². The minimum absolute atomic E-state index is 0.0990. The lowest BCUT2D eigenvalue weighted by atomic mass is 10.2. The molecular formula is C12H17FN2O. The van der Waals surface area contributed by atoms with E-state index in [1.54, 1.807) is 19.1 Å². The zero-order chi connectivity index (χ0) is 12.0. The van der Waals surface area contributed by atoms with Crippen LogP contribution in [-0.4, -0.2) is 19.0 Å². The van der Waals surface area contributed by atoms with Crippen LogP contribution in [0, 0.1) is 12.7 Å². The highest BCUT2D eigenvalue weighted by atomic mass is 19.1. The zero-order valence-electron chi connectivity index (χ0n) is 9.64. The molecule has 16 heavy (non-hydrogen) atoms. The highest BCUT2D eigenvalue weighted by molar-refractivity contribution is 5.80. The van der Waals surface area contributed by atoms with Gasteiger partial charge in [-0.25, -0.2) is 4.39 Å².